The van der Waals surface area contributed by atoms with Crippen LogP contribution in [0.15, 0.2) is 16.6 Å². The van der Waals surface area contributed by atoms with Gasteiger partial charge in [0.25, 0.3) is 0 Å². The van der Waals surface area contributed by atoms with Gasteiger partial charge in [0.05, 0.1) is 8.04 Å². The van der Waals surface area contributed by atoms with E-state index in [9.17, 15) is 4.39 Å². The first-order chi connectivity index (χ1) is 6.16. The highest BCUT2D eigenvalue weighted by molar-refractivity contribution is 14.1. The van der Waals surface area contributed by atoms with Gasteiger partial charge in [-0.25, -0.2) is 4.39 Å². The van der Waals surface area contributed by atoms with E-state index in [4.69, 9.17) is 9.47 Å². The molecule has 0 atom stereocenters. The van der Waals surface area contributed by atoms with E-state index in [2.05, 4.69) is 15.9 Å². The number of methoxy groups -OCH3 is 1. The molecule has 5 heteroatoms. The first-order valence-electron chi connectivity index (χ1n) is 3.42. The molecule has 0 spiro atoms. The van der Waals surface area contributed by atoms with E-state index in [0.717, 1.165) is 0 Å². The summed E-state index contributed by atoms with van der Waals surface area (Å²) in [4.78, 5) is 0. The van der Waals surface area contributed by atoms with Crippen LogP contribution in [0.4, 0.5) is 4.39 Å². The fourth-order valence-corrected chi connectivity index (χ4v) is 2.07. The lowest BCUT2D eigenvalue weighted by Gasteiger charge is -2.07. The van der Waals surface area contributed by atoms with Gasteiger partial charge >= 0.3 is 0 Å². The first-order valence-corrected chi connectivity index (χ1v) is 5.29. The van der Waals surface area contributed by atoms with Crippen LogP contribution in [0, 0.1) is 9.39 Å². The van der Waals surface area contributed by atoms with Gasteiger partial charge in [-0.15, -0.1) is 0 Å². The maximum Gasteiger partial charge on any atom is 0.188 e. The zero-order valence-electron chi connectivity index (χ0n) is 6.81. The zero-order chi connectivity index (χ0) is 9.84. The van der Waals surface area contributed by atoms with Gasteiger partial charge in [-0.3, -0.25) is 0 Å². The minimum atomic E-state index is -0.311. The Hall–Kier alpha value is 0.120. The van der Waals surface area contributed by atoms with Crippen molar-refractivity contribution in [3.63, 3.8) is 0 Å². The average molecular weight is 361 g/mol. The third-order valence-electron chi connectivity index (χ3n) is 1.33. The maximum atomic E-state index is 13.2. The molecule has 0 saturated heterocycles. The summed E-state index contributed by atoms with van der Waals surface area (Å²) in [5.74, 6) is 0.178. The van der Waals surface area contributed by atoms with Crippen molar-refractivity contribution in [2.24, 2.45) is 0 Å². The highest BCUT2D eigenvalue weighted by Crippen LogP contribution is 2.28. The molecule has 0 bridgehead atoms. The Morgan fingerprint density at radius 2 is 2.23 bits per heavy atom. The molecular weight excluding hydrogens is 354 g/mol. The van der Waals surface area contributed by atoms with E-state index in [0.29, 0.717) is 13.8 Å². The lowest BCUT2D eigenvalue weighted by Crippen LogP contribution is -2.01. The van der Waals surface area contributed by atoms with Crippen LogP contribution in [0.25, 0.3) is 0 Å². The van der Waals surface area contributed by atoms with Crippen molar-refractivity contribution < 1.29 is 13.9 Å². The molecule has 0 aromatic heterocycles. The Morgan fingerprint density at radius 1 is 1.54 bits per heavy atom. The van der Waals surface area contributed by atoms with Crippen molar-refractivity contribution in [3.8, 4) is 5.75 Å². The van der Waals surface area contributed by atoms with Crippen molar-refractivity contribution in [1.29, 1.82) is 0 Å². The van der Waals surface area contributed by atoms with E-state index in [1.54, 1.807) is 12.1 Å². The van der Waals surface area contributed by atoms with Crippen LogP contribution in [0.1, 0.15) is 0 Å². The third kappa shape index (κ3) is 2.78. The molecule has 0 saturated carbocycles. The molecule has 0 aliphatic carbocycles. The predicted octanol–water partition coefficient (Wildman–Crippen LogP) is 3.18. The van der Waals surface area contributed by atoms with Crippen LogP contribution < -0.4 is 4.74 Å². The number of benzene rings is 1. The SMILES string of the molecule is COCOc1ccc(Br)c(F)c1I. The van der Waals surface area contributed by atoms with Gasteiger partial charge in [-0.2, -0.15) is 0 Å². The summed E-state index contributed by atoms with van der Waals surface area (Å²) in [5, 5.41) is 0. The summed E-state index contributed by atoms with van der Waals surface area (Å²) in [5.41, 5.74) is 0. The Balaban J connectivity index is 2.90. The molecule has 0 heterocycles. The average Bonchev–Trinajstić information content (AvgIpc) is 2.13. The number of ether oxygens (including phenoxy) is 2. The third-order valence-corrected chi connectivity index (χ3v) is 2.95. The Kier molecular flexibility index (Phi) is 4.40. The van der Waals surface area contributed by atoms with Gasteiger partial charge in [-0.05, 0) is 50.7 Å². The maximum absolute atomic E-state index is 13.2. The van der Waals surface area contributed by atoms with Crippen LogP contribution in [0.2, 0.25) is 0 Å². The largest absolute Gasteiger partial charge is 0.466 e. The van der Waals surface area contributed by atoms with Crippen molar-refractivity contribution in [2.45, 2.75) is 0 Å². The minimum Gasteiger partial charge on any atom is -0.466 e. The quantitative estimate of drug-likeness (QED) is 0.468. The lowest BCUT2D eigenvalue weighted by atomic mass is 10.3. The van der Waals surface area contributed by atoms with E-state index in [-0.39, 0.29) is 12.6 Å². The molecule has 0 aliphatic heterocycles. The molecule has 2 nitrogen and oxygen atoms in total. The Morgan fingerprint density at radius 3 is 2.85 bits per heavy atom. The number of hydrogen-bond acceptors (Lipinski definition) is 2. The van der Waals surface area contributed by atoms with Gasteiger partial charge in [0, 0.05) is 7.11 Å². The molecule has 1 rings (SSSR count). The molecular formula is C8H7BrFIO2. The smallest absolute Gasteiger partial charge is 0.188 e. The summed E-state index contributed by atoms with van der Waals surface area (Å²) in [7, 11) is 1.52. The van der Waals surface area contributed by atoms with Gasteiger partial charge in [-0.1, -0.05) is 0 Å². The Bertz CT molecular complexity index is 306. The van der Waals surface area contributed by atoms with Gasteiger partial charge in [0.2, 0.25) is 0 Å². The Labute approximate surface area is 97.7 Å². The molecule has 72 valence electrons. The van der Waals surface area contributed by atoms with Crippen LogP contribution >= 0.6 is 38.5 Å². The summed E-state index contributed by atoms with van der Waals surface area (Å²) < 4.78 is 24.0. The van der Waals surface area contributed by atoms with Crippen LogP contribution in [-0.4, -0.2) is 13.9 Å². The molecule has 0 N–H and O–H groups in total. The predicted molar refractivity (Wildman–Crippen MR) is 59.3 cm³/mol. The monoisotopic (exact) mass is 360 g/mol. The van der Waals surface area contributed by atoms with E-state index >= 15 is 0 Å². The molecule has 13 heavy (non-hydrogen) atoms. The van der Waals surface area contributed by atoms with E-state index < -0.39 is 0 Å². The molecule has 0 unspecified atom stereocenters. The minimum absolute atomic E-state index is 0.122. The number of halogens is 3. The summed E-state index contributed by atoms with van der Waals surface area (Å²) in [6, 6.07) is 3.29. The van der Waals surface area contributed by atoms with Crippen molar-refractivity contribution in [2.75, 3.05) is 13.9 Å². The summed E-state index contributed by atoms with van der Waals surface area (Å²) in [6.07, 6.45) is 0. The second kappa shape index (κ2) is 5.11. The van der Waals surface area contributed by atoms with Crippen molar-refractivity contribution >= 4 is 38.5 Å². The van der Waals surface area contributed by atoms with E-state index in [1.807, 2.05) is 22.6 Å². The lowest BCUT2D eigenvalue weighted by molar-refractivity contribution is 0.0502. The van der Waals surface area contributed by atoms with Crippen LogP contribution in [0.5, 0.6) is 5.75 Å². The number of rotatable bonds is 3. The molecule has 0 amide bonds. The summed E-state index contributed by atoms with van der Waals surface area (Å²) >= 11 is 4.97. The van der Waals surface area contributed by atoms with Gasteiger partial charge in [0.15, 0.2) is 12.6 Å². The molecule has 0 radical (unpaired) electrons. The molecule has 0 aliphatic rings. The highest BCUT2D eigenvalue weighted by Gasteiger charge is 2.09. The normalized spacial score (nSPS) is 10.2. The zero-order valence-corrected chi connectivity index (χ0v) is 10.6. The molecule has 1 aromatic carbocycles. The molecule has 0 fully saturated rings. The highest BCUT2D eigenvalue weighted by atomic mass is 127. The van der Waals surface area contributed by atoms with Crippen molar-refractivity contribution in [1.82, 2.24) is 0 Å². The number of hydrogen-bond donors (Lipinski definition) is 0. The topological polar surface area (TPSA) is 18.5 Å². The fraction of sp³-hybridized carbons (Fsp3) is 0.250. The van der Waals surface area contributed by atoms with Crippen molar-refractivity contribution in [3.05, 3.63) is 26.0 Å². The molecule has 1 aromatic rings. The van der Waals surface area contributed by atoms with Crippen LogP contribution in [-0.2, 0) is 4.74 Å². The van der Waals surface area contributed by atoms with Gasteiger partial charge in [0.1, 0.15) is 5.75 Å². The first kappa shape index (κ1) is 11.2. The second-order valence-corrected chi connectivity index (χ2v) is 4.16. The summed E-state index contributed by atoms with van der Waals surface area (Å²) in [6.45, 7) is 0.122. The van der Waals surface area contributed by atoms with Gasteiger partial charge < -0.3 is 9.47 Å². The second-order valence-electron chi connectivity index (χ2n) is 2.22. The fourth-order valence-electron chi connectivity index (χ4n) is 0.742. The van der Waals surface area contributed by atoms with Crippen LogP contribution in [0.3, 0.4) is 0 Å². The van der Waals surface area contributed by atoms with E-state index in [1.165, 1.54) is 7.11 Å². The standard InChI is InChI=1S/C8H7BrFIO2/c1-12-4-13-6-3-2-5(9)7(10)8(6)11/h2-3H,4H2,1H3.